The number of hydrazine groups is 1. The largest absolute Gasteiger partial charge is 0.487 e. The zero-order valence-electron chi connectivity index (χ0n) is 22.1. The van der Waals surface area contributed by atoms with Crippen molar-refractivity contribution in [2.75, 3.05) is 24.3 Å². The van der Waals surface area contributed by atoms with Gasteiger partial charge in [-0.25, -0.2) is 5.84 Å². The zero-order valence-corrected chi connectivity index (χ0v) is 22.1. The molecule has 2 aromatic carbocycles. The molecule has 5 N–H and O–H groups in total. The first-order valence-electron chi connectivity index (χ1n) is 12.7. The Morgan fingerprint density at radius 3 is 2.76 bits per heavy atom. The average molecular weight is 504 g/mol. The predicted octanol–water partition coefficient (Wildman–Crippen LogP) is 4.37. The molecule has 8 heteroatoms. The topological polar surface area (TPSA) is 118 Å². The molecule has 0 bridgehead atoms. The van der Waals surface area contributed by atoms with Gasteiger partial charge in [0.05, 0.1) is 23.5 Å². The Morgan fingerprint density at radius 2 is 2.05 bits per heavy atom. The van der Waals surface area contributed by atoms with Crippen molar-refractivity contribution in [1.82, 2.24) is 9.88 Å². The van der Waals surface area contributed by atoms with E-state index >= 15 is 0 Å². The molecule has 8 nitrogen and oxygen atoms in total. The summed E-state index contributed by atoms with van der Waals surface area (Å²) in [6, 6.07) is 13.9. The van der Waals surface area contributed by atoms with Crippen LogP contribution >= 0.6 is 0 Å². The molecular weight excluding hydrogens is 466 g/mol. The van der Waals surface area contributed by atoms with E-state index in [2.05, 4.69) is 35.9 Å². The molecule has 2 atom stereocenters. The van der Waals surface area contributed by atoms with E-state index in [1.54, 1.807) is 13.2 Å². The van der Waals surface area contributed by atoms with Gasteiger partial charge in [-0.05, 0) is 66.3 Å². The lowest BCUT2D eigenvalue weighted by Gasteiger charge is -2.26. The fourth-order valence-electron chi connectivity index (χ4n) is 5.08. The second-order valence-corrected chi connectivity index (χ2v) is 9.93. The van der Waals surface area contributed by atoms with Crippen LogP contribution in [0, 0.1) is 13.8 Å². The third-order valence-electron chi connectivity index (χ3n) is 7.27. The van der Waals surface area contributed by atoms with E-state index in [-0.39, 0.29) is 18.4 Å². The molecule has 196 valence electrons. The molecule has 0 saturated heterocycles. The number of hydrogen-bond donors (Lipinski definition) is 3. The lowest BCUT2D eigenvalue weighted by atomic mass is 9.84. The lowest BCUT2D eigenvalue weighted by Crippen LogP contribution is -2.32. The Balaban J connectivity index is 1.69. The van der Waals surface area contributed by atoms with Crippen LogP contribution in [0.5, 0.6) is 5.75 Å². The maximum atomic E-state index is 11.9. The number of nitrogens with two attached hydrogens (primary N) is 2. The van der Waals surface area contributed by atoms with Crippen LogP contribution in [0.3, 0.4) is 0 Å². The molecule has 4 rings (SSSR count). The molecule has 0 saturated carbocycles. The molecule has 37 heavy (non-hydrogen) atoms. The number of pyridine rings is 1. The number of carboxylic acid groups (broad SMARTS) is 1. The first-order valence-corrected chi connectivity index (χ1v) is 12.7. The van der Waals surface area contributed by atoms with Crippen molar-refractivity contribution in [2.24, 2.45) is 5.84 Å². The van der Waals surface area contributed by atoms with Crippen LogP contribution in [-0.2, 0) is 17.9 Å². The fraction of sp³-hybridized carbons (Fsp3) is 0.379. The standard InChI is InChI=1S/C29H37N5O3/c1-5-22-16-34(17-25-27(37-22)7-6-12-32-25)15-21-13-20(9-8-18(21)2)24(14-28(35)36)23-10-11-26(33(4)31)29(30)19(23)3/h6-13,22,24H,5,14-17,30-31H2,1-4H3,(H,35,36)/t22-,24-/m1/s1. The molecule has 0 aliphatic carbocycles. The van der Waals surface area contributed by atoms with Crippen LogP contribution < -0.4 is 21.3 Å². The summed E-state index contributed by atoms with van der Waals surface area (Å²) in [5.41, 5.74) is 13.6. The number of carboxylic acids is 1. The summed E-state index contributed by atoms with van der Waals surface area (Å²) in [7, 11) is 1.73. The fourth-order valence-corrected chi connectivity index (χ4v) is 5.08. The second-order valence-electron chi connectivity index (χ2n) is 9.93. The summed E-state index contributed by atoms with van der Waals surface area (Å²) in [5.74, 6) is 5.58. The second kappa shape index (κ2) is 11.2. The van der Waals surface area contributed by atoms with Crippen LogP contribution in [0.4, 0.5) is 11.4 Å². The van der Waals surface area contributed by atoms with E-state index in [0.29, 0.717) is 24.5 Å². The highest BCUT2D eigenvalue weighted by atomic mass is 16.5. The Kier molecular flexibility index (Phi) is 8.00. The van der Waals surface area contributed by atoms with Crippen LogP contribution in [0.15, 0.2) is 48.7 Å². The quantitative estimate of drug-likeness (QED) is 0.236. The van der Waals surface area contributed by atoms with Gasteiger partial charge >= 0.3 is 5.97 Å². The summed E-state index contributed by atoms with van der Waals surface area (Å²) in [4.78, 5) is 18.9. The van der Waals surface area contributed by atoms with Gasteiger partial charge in [-0.3, -0.25) is 14.7 Å². The first-order chi connectivity index (χ1) is 17.7. The van der Waals surface area contributed by atoms with E-state index in [1.165, 1.54) is 5.01 Å². The minimum Gasteiger partial charge on any atom is -0.487 e. The highest BCUT2D eigenvalue weighted by Gasteiger charge is 2.25. The van der Waals surface area contributed by atoms with E-state index in [4.69, 9.17) is 16.3 Å². The number of benzene rings is 2. The van der Waals surface area contributed by atoms with Gasteiger partial charge < -0.3 is 20.6 Å². The van der Waals surface area contributed by atoms with E-state index in [1.807, 2.05) is 37.3 Å². The minimum absolute atomic E-state index is 0.0344. The molecular formula is C29H37N5O3. The van der Waals surface area contributed by atoms with Crippen molar-refractivity contribution in [3.63, 3.8) is 0 Å². The van der Waals surface area contributed by atoms with Crippen LogP contribution in [0.1, 0.15) is 59.2 Å². The monoisotopic (exact) mass is 503 g/mol. The molecule has 2 heterocycles. The number of carbonyl (C=O) groups is 1. The number of aliphatic carboxylic acids is 1. The molecule has 1 aromatic heterocycles. The summed E-state index contributed by atoms with van der Waals surface area (Å²) in [6.45, 7) is 8.35. The molecule has 0 unspecified atom stereocenters. The van der Waals surface area contributed by atoms with Gasteiger partial charge in [-0.2, -0.15) is 0 Å². The number of nitrogens with zero attached hydrogens (tertiary/aromatic N) is 3. The Morgan fingerprint density at radius 1 is 1.27 bits per heavy atom. The first kappa shape index (κ1) is 26.4. The summed E-state index contributed by atoms with van der Waals surface area (Å²) >= 11 is 0. The van der Waals surface area contributed by atoms with Crippen molar-refractivity contribution in [3.05, 3.63) is 82.2 Å². The Hall–Kier alpha value is -3.62. The van der Waals surface area contributed by atoms with Gasteiger partial charge in [0.2, 0.25) is 0 Å². The van der Waals surface area contributed by atoms with E-state index in [0.717, 1.165) is 52.2 Å². The van der Waals surface area contributed by atoms with Crippen LogP contribution in [0.25, 0.3) is 0 Å². The van der Waals surface area contributed by atoms with Gasteiger partial charge in [0.25, 0.3) is 0 Å². The maximum absolute atomic E-state index is 11.9. The smallest absolute Gasteiger partial charge is 0.304 e. The number of anilines is 2. The van der Waals surface area contributed by atoms with Gasteiger partial charge in [-0.1, -0.05) is 31.2 Å². The minimum atomic E-state index is -0.858. The van der Waals surface area contributed by atoms with Crippen molar-refractivity contribution in [1.29, 1.82) is 0 Å². The lowest BCUT2D eigenvalue weighted by molar-refractivity contribution is -0.137. The van der Waals surface area contributed by atoms with Crippen molar-refractivity contribution < 1.29 is 14.6 Å². The molecule has 1 aliphatic rings. The number of ether oxygens (including phenoxy) is 1. The molecule has 0 radical (unpaired) electrons. The van der Waals surface area contributed by atoms with Crippen molar-refractivity contribution in [2.45, 2.75) is 58.7 Å². The van der Waals surface area contributed by atoms with Gasteiger partial charge in [0, 0.05) is 38.8 Å². The Labute approximate surface area is 218 Å². The predicted molar refractivity (Wildman–Crippen MR) is 147 cm³/mol. The third kappa shape index (κ3) is 5.87. The zero-order chi connectivity index (χ0) is 26.7. The van der Waals surface area contributed by atoms with Crippen molar-refractivity contribution in [3.8, 4) is 5.75 Å². The average Bonchev–Trinajstić information content (AvgIpc) is 3.04. The molecule has 1 aliphatic heterocycles. The van der Waals surface area contributed by atoms with Gasteiger partial charge in [-0.15, -0.1) is 0 Å². The summed E-state index contributed by atoms with van der Waals surface area (Å²) in [6.07, 6.45) is 2.75. The van der Waals surface area contributed by atoms with Crippen LogP contribution in [0.2, 0.25) is 0 Å². The van der Waals surface area contributed by atoms with Crippen molar-refractivity contribution >= 4 is 17.3 Å². The number of rotatable bonds is 8. The third-order valence-corrected chi connectivity index (χ3v) is 7.27. The van der Waals surface area contributed by atoms with Crippen LogP contribution in [-0.4, -0.2) is 40.7 Å². The molecule has 0 spiro atoms. The molecule has 0 amide bonds. The number of aryl methyl sites for hydroxylation is 1. The number of nitrogen functional groups attached to an aromatic ring is 1. The number of fused-ring (bicyclic) bond motifs is 1. The number of aromatic nitrogens is 1. The highest BCUT2D eigenvalue weighted by molar-refractivity contribution is 5.74. The SMILES string of the molecule is CC[C@@H]1CN(Cc2cc([C@@H](CC(=O)O)c3ccc(N(C)N)c(N)c3C)ccc2C)Cc2ncccc2O1. The summed E-state index contributed by atoms with van der Waals surface area (Å²) in [5, 5.41) is 11.3. The van der Waals surface area contributed by atoms with Gasteiger partial charge in [0.1, 0.15) is 11.9 Å². The summed E-state index contributed by atoms with van der Waals surface area (Å²) < 4.78 is 6.22. The van der Waals surface area contributed by atoms with Gasteiger partial charge in [0.15, 0.2) is 0 Å². The maximum Gasteiger partial charge on any atom is 0.304 e. The molecule has 0 fully saturated rings. The normalized spacial score (nSPS) is 16.4. The van der Waals surface area contributed by atoms with E-state index in [9.17, 15) is 9.90 Å². The highest BCUT2D eigenvalue weighted by Crippen LogP contribution is 2.37. The van der Waals surface area contributed by atoms with E-state index < -0.39 is 5.97 Å². The Bertz CT molecular complexity index is 1280. The molecule has 3 aromatic rings. The number of hydrogen-bond acceptors (Lipinski definition) is 7.